The lowest BCUT2D eigenvalue weighted by Gasteiger charge is -2.32. The molecular weight excluding hydrogens is 587 g/mol. The Labute approximate surface area is 239 Å². The summed E-state index contributed by atoms with van der Waals surface area (Å²) in [4.78, 5) is 21.1. The van der Waals surface area contributed by atoms with Gasteiger partial charge in [0.05, 0.1) is 18.3 Å². The number of Topliss-reactive ketones (excluding diaryl/α,β-unsaturated/α-hetero) is 1. The molecule has 2 atom stereocenters. The van der Waals surface area contributed by atoms with E-state index in [-0.39, 0.29) is 17.0 Å². The Morgan fingerprint density at radius 1 is 1.05 bits per heavy atom. The van der Waals surface area contributed by atoms with E-state index in [0.717, 1.165) is 24.3 Å². The van der Waals surface area contributed by atoms with E-state index in [1.807, 2.05) is 0 Å². The average Bonchev–Trinajstić information content (AvgIpc) is 3.32. The van der Waals surface area contributed by atoms with Gasteiger partial charge in [-0.3, -0.25) is 4.79 Å². The predicted octanol–water partition coefficient (Wildman–Crippen LogP) is 5.97. The first kappa shape index (κ1) is 30.2. The lowest BCUT2D eigenvalue weighted by atomic mass is 9.85. The highest BCUT2D eigenvalue weighted by Crippen LogP contribution is 2.51. The molecule has 1 aliphatic heterocycles. The fourth-order valence-electron chi connectivity index (χ4n) is 4.82. The van der Waals surface area contributed by atoms with Crippen LogP contribution >= 0.6 is 0 Å². The lowest BCUT2D eigenvalue weighted by molar-refractivity contribution is -0.270. The minimum Gasteiger partial charge on any atom is -0.496 e. The van der Waals surface area contributed by atoms with Gasteiger partial charge in [0.25, 0.3) is 0 Å². The number of aliphatic hydroxyl groups is 1. The number of methoxy groups -OCH3 is 1. The van der Waals surface area contributed by atoms with Crippen molar-refractivity contribution in [2.24, 2.45) is 5.73 Å². The number of rotatable bonds is 7. The highest BCUT2D eigenvalue weighted by Gasteiger charge is 2.61. The molecule has 0 saturated carbocycles. The molecule has 0 amide bonds. The fourth-order valence-corrected chi connectivity index (χ4v) is 4.82. The van der Waals surface area contributed by atoms with E-state index < -0.39 is 77.2 Å². The summed E-state index contributed by atoms with van der Waals surface area (Å²) in [6, 6.07) is 12.2. The quantitative estimate of drug-likeness (QED) is 0.197. The monoisotopic (exact) mass is 609 g/mol. The highest BCUT2D eigenvalue weighted by molar-refractivity contribution is 5.98. The number of carbonyl (C=O) groups is 1. The Morgan fingerprint density at radius 2 is 1.72 bits per heavy atom. The van der Waals surface area contributed by atoms with Gasteiger partial charge >= 0.3 is 12.4 Å². The molecule has 0 bridgehead atoms. The molecule has 3 N–H and O–H groups in total. The Balaban J connectivity index is 1.60. The molecule has 0 unspecified atom stereocenters. The van der Waals surface area contributed by atoms with Gasteiger partial charge in [0.2, 0.25) is 5.60 Å². The maximum Gasteiger partial charge on any atom is 0.422 e. The summed E-state index contributed by atoms with van der Waals surface area (Å²) in [5.41, 5.74) is -4.23. The number of pyridine rings is 2. The third-order valence-corrected chi connectivity index (χ3v) is 7.31. The Hall–Kier alpha value is -4.30. The van der Waals surface area contributed by atoms with Crippen molar-refractivity contribution in [3.05, 3.63) is 83.4 Å². The van der Waals surface area contributed by atoms with Crippen LogP contribution in [0.4, 0.5) is 30.7 Å². The third-order valence-electron chi connectivity index (χ3n) is 7.31. The summed E-state index contributed by atoms with van der Waals surface area (Å²) in [6.45, 7) is -1.18. The first-order valence-corrected chi connectivity index (χ1v) is 12.7. The summed E-state index contributed by atoms with van der Waals surface area (Å²) in [7, 11) is 1.33. The van der Waals surface area contributed by atoms with Gasteiger partial charge in [-0.2, -0.15) is 26.3 Å². The van der Waals surface area contributed by atoms with E-state index in [1.54, 1.807) is 24.3 Å². The van der Waals surface area contributed by atoms with Crippen LogP contribution < -0.4 is 15.2 Å². The first-order valence-electron chi connectivity index (χ1n) is 12.7. The van der Waals surface area contributed by atoms with E-state index in [1.165, 1.54) is 13.2 Å². The average molecular weight is 609 g/mol. The molecule has 226 valence electrons. The number of benzene rings is 2. The number of nitrogens with zero attached hydrogens (tertiary/aromatic N) is 2. The molecule has 0 spiro atoms. The van der Waals surface area contributed by atoms with E-state index in [9.17, 15) is 40.6 Å². The number of ether oxygens (including phenoxy) is 2. The summed E-state index contributed by atoms with van der Waals surface area (Å²) in [6.07, 6.45) is -13.0. The second kappa shape index (κ2) is 10.5. The number of halogens is 7. The van der Waals surface area contributed by atoms with Gasteiger partial charge in [-0.05, 0) is 48.9 Å². The van der Waals surface area contributed by atoms with Crippen LogP contribution in [0.2, 0.25) is 0 Å². The smallest absolute Gasteiger partial charge is 0.422 e. The molecular formula is C29H22F7N3O4. The first-order chi connectivity index (χ1) is 20.1. The second-order valence-electron chi connectivity index (χ2n) is 10.0. The van der Waals surface area contributed by atoms with Crippen molar-refractivity contribution in [3.63, 3.8) is 0 Å². The van der Waals surface area contributed by atoms with E-state index in [0.29, 0.717) is 17.0 Å². The molecule has 0 radical (unpaired) electrons. The largest absolute Gasteiger partial charge is 0.496 e. The van der Waals surface area contributed by atoms with Crippen molar-refractivity contribution >= 4 is 16.7 Å². The molecule has 5 rings (SSSR count). The summed E-state index contributed by atoms with van der Waals surface area (Å²) >= 11 is 0. The molecule has 1 aliphatic rings. The molecule has 0 aliphatic carbocycles. The van der Waals surface area contributed by atoms with Crippen LogP contribution in [-0.2, 0) is 11.1 Å². The van der Waals surface area contributed by atoms with Gasteiger partial charge in [-0.25, -0.2) is 14.4 Å². The van der Waals surface area contributed by atoms with Gasteiger partial charge in [-0.15, -0.1) is 0 Å². The molecule has 0 fully saturated rings. The van der Waals surface area contributed by atoms with Crippen LogP contribution in [0.15, 0.2) is 60.7 Å². The topological polar surface area (TPSA) is 108 Å². The molecule has 4 aromatic rings. The Morgan fingerprint density at radius 3 is 2.35 bits per heavy atom. The van der Waals surface area contributed by atoms with E-state index >= 15 is 0 Å². The SMILES string of the molecule is COc1cc(C(=O)CC[C@](O)(c2cc3c(c(-c4ccc(F)cc4)n2)OC[C@@]3(N)C(F)(F)F)C(F)(F)F)nc2ccccc12. The number of aromatic nitrogens is 2. The molecule has 2 aromatic heterocycles. The number of ketones is 1. The number of para-hydroxylation sites is 1. The summed E-state index contributed by atoms with van der Waals surface area (Å²) < 4.78 is 110. The van der Waals surface area contributed by atoms with Gasteiger partial charge in [-0.1, -0.05) is 12.1 Å². The lowest BCUT2D eigenvalue weighted by Crippen LogP contribution is -2.52. The molecule has 0 saturated heterocycles. The zero-order valence-corrected chi connectivity index (χ0v) is 22.2. The molecule has 7 nitrogen and oxygen atoms in total. The van der Waals surface area contributed by atoms with Crippen LogP contribution in [-0.4, -0.2) is 46.9 Å². The fraction of sp³-hybridized carbons (Fsp3) is 0.276. The number of nitrogens with two attached hydrogens (primary N) is 1. The van der Waals surface area contributed by atoms with Crippen molar-refractivity contribution in [1.29, 1.82) is 0 Å². The molecule has 3 heterocycles. The zero-order chi connectivity index (χ0) is 31.4. The number of hydrogen-bond donors (Lipinski definition) is 2. The van der Waals surface area contributed by atoms with Gasteiger partial charge in [0, 0.05) is 29.0 Å². The molecule has 14 heteroatoms. The molecule has 43 heavy (non-hydrogen) atoms. The Bertz CT molecular complexity index is 1710. The minimum atomic E-state index is -5.52. The Kier molecular flexibility index (Phi) is 7.33. The van der Waals surface area contributed by atoms with Crippen molar-refractivity contribution < 1.29 is 50.1 Å². The molecule has 2 aromatic carbocycles. The van der Waals surface area contributed by atoms with E-state index in [4.69, 9.17) is 15.2 Å². The van der Waals surface area contributed by atoms with Crippen LogP contribution in [0.3, 0.4) is 0 Å². The van der Waals surface area contributed by atoms with Gasteiger partial charge in [0.1, 0.15) is 29.6 Å². The highest BCUT2D eigenvalue weighted by atomic mass is 19.4. The van der Waals surface area contributed by atoms with Crippen LogP contribution in [0, 0.1) is 5.82 Å². The normalized spacial score (nSPS) is 18.2. The van der Waals surface area contributed by atoms with Crippen molar-refractivity contribution in [2.75, 3.05) is 13.7 Å². The summed E-state index contributed by atoms with van der Waals surface area (Å²) in [5, 5.41) is 11.6. The zero-order valence-electron chi connectivity index (χ0n) is 22.2. The van der Waals surface area contributed by atoms with Crippen LogP contribution in [0.25, 0.3) is 22.2 Å². The van der Waals surface area contributed by atoms with Crippen molar-refractivity contribution in [1.82, 2.24) is 9.97 Å². The second-order valence-corrected chi connectivity index (χ2v) is 10.0. The number of hydrogen-bond acceptors (Lipinski definition) is 7. The number of alkyl halides is 6. The van der Waals surface area contributed by atoms with Crippen LogP contribution in [0.5, 0.6) is 11.5 Å². The summed E-state index contributed by atoms with van der Waals surface area (Å²) in [5.74, 6) is -1.97. The van der Waals surface area contributed by atoms with E-state index in [2.05, 4.69) is 9.97 Å². The van der Waals surface area contributed by atoms with Gasteiger partial charge < -0.3 is 20.3 Å². The van der Waals surface area contributed by atoms with Crippen molar-refractivity contribution in [2.45, 2.75) is 36.3 Å². The van der Waals surface area contributed by atoms with Crippen LogP contribution in [0.1, 0.15) is 34.6 Å². The predicted molar refractivity (Wildman–Crippen MR) is 139 cm³/mol. The standard InChI is InChI=1S/C29H22F7N3O4/c1-42-22-13-20(38-19-5-3-2-4-17(19)22)21(40)10-11-27(41,29(34,35)36)23-12-18-25(43-14-26(18,37)28(31,32)33)24(39-23)15-6-8-16(30)9-7-15/h2-9,12-13,41H,10-11,14,37H2,1H3/t26-,27-/m0/s1. The number of carbonyl (C=O) groups excluding carboxylic acids is 1. The number of fused-ring (bicyclic) bond motifs is 2. The third kappa shape index (κ3) is 5.14. The van der Waals surface area contributed by atoms with Crippen molar-refractivity contribution in [3.8, 4) is 22.8 Å². The maximum absolute atomic E-state index is 14.6. The minimum absolute atomic E-state index is 0.0982. The van der Waals surface area contributed by atoms with Gasteiger partial charge in [0.15, 0.2) is 17.1 Å². The maximum atomic E-state index is 14.6.